The van der Waals surface area contributed by atoms with E-state index in [-0.39, 0.29) is 10.6 Å². The van der Waals surface area contributed by atoms with E-state index in [4.69, 9.17) is 9.47 Å². The number of sulfonamides is 1. The largest absolute Gasteiger partial charge is 0.497 e. The summed E-state index contributed by atoms with van der Waals surface area (Å²) in [5.74, 6) is 0.619. The van der Waals surface area contributed by atoms with Gasteiger partial charge in [-0.3, -0.25) is 4.79 Å². The Bertz CT molecular complexity index is 946. The molecule has 0 aliphatic carbocycles. The van der Waals surface area contributed by atoms with E-state index in [2.05, 4.69) is 5.32 Å². The van der Waals surface area contributed by atoms with Crippen molar-refractivity contribution in [3.8, 4) is 11.5 Å². The summed E-state index contributed by atoms with van der Waals surface area (Å²) in [5.41, 5.74) is 0.707. The van der Waals surface area contributed by atoms with Crippen LogP contribution in [0.4, 0.5) is 5.69 Å². The van der Waals surface area contributed by atoms with Crippen LogP contribution in [0.1, 0.15) is 23.3 Å². The Morgan fingerprint density at radius 3 is 2.44 bits per heavy atom. The number of rotatable bonds is 6. The Balaban J connectivity index is 1.85. The number of aryl methyl sites for hydroxylation is 1. The molecule has 1 saturated heterocycles. The highest BCUT2D eigenvalue weighted by atomic mass is 32.2. The molecule has 1 fully saturated rings. The highest BCUT2D eigenvalue weighted by Crippen LogP contribution is 2.30. The first-order valence-corrected chi connectivity index (χ1v) is 10.0. The molecule has 1 aromatic heterocycles. The van der Waals surface area contributed by atoms with Crippen LogP contribution in [0.15, 0.2) is 35.4 Å². The van der Waals surface area contributed by atoms with Crippen molar-refractivity contribution in [2.45, 2.75) is 17.7 Å². The zero-order valence-corrected chi connectivity index (χ0v) is 16.4. The van der Waals surface area contributed by atoms with Crippen molar-refractivity contribution in [1.82, 2.24) is 8.87 Å². The maximum Gasteiger partial charge on any atom is 0.272 e. The van der Waals surface area contributed by atoms with Crippen molar-refractivity contribution in [2.75, 3.05) is 32.6 Å². The number of carbonyl (C=O) groups excluding carboxylic acids is 1. The Morgan fingerprint density at radius 1 is 1.11 bits per heavy atom. The predicted molar refractivity (Wildman–Crippen MR) is 101 cm³/mol. The monoisotopic (exact) mass is 393 g/mol. The molecular formula is C18H23N3O5S. The smallest absolute Gasteiger partial charge is 0.272 e. The summed E-state index contributed by atoms with van der Waals surface area (Å²) in [6.07, 6.45) is 3.18. The van der Waals surface area contributed by atoms with Gasteiger partial charge in [-0.25, -0.2) is 8.42 Å². The standard InChI is InChI=1S/C18H23N3O5S/c1-20-12-14(27(23,24)21-8-4-5-9-21)11-16(20)18(22)19-15-7-6-13(25-2)10-17(15)26-3/h6-7,10-12H,4-5,8-9H2,1-3H3,(H,19,22). The molecule has 3 rings (SSSR count). The van der Waals surface area contributed by atoms with Crippen LogP contribution in [0, 0.1) is 0 Å². The third kappa shape index (κ3) is 3.79. The van der Waals surface area contributed by atoms with Crippen LogP contribution in [0.25, 0.3) is 0 Å². The zero-order valence-electron chi connectivity index (χ0n) is 15.6. The van der Waals surface area contributed by atoms with Crippen molar-refractivity contribution in [1.29, 1.82) is 0 Å². The number of amides is 1. The highest BCUT2D eigenvalue weighted by molar-refractivity contribution is 7.89. The fourth-order valence-corrected chi connectivity index (χ4v) is 4.66. The molecule has 0 saturated carbocycles. The second-order valence-corrected chi connectivity index (χ2v) is 8.24. The summed E-state index contributed by atoms with van der Waals surface area (Å²) in [5, 5.41) is 2.76. The van der Waals surface area contributed by atoms with Crippen molar-refractivity contribution < 1.29 is 22.7 Å². The maximum absolute atomic E-state index is 12.7. The normalized spacial score (nSPS) is 14.9. The molecule has 1 aliphatic heterocycles. The Labute approximate surface area is 158 Å². The molecule has 2 aromatic rings. The lowest BCUT2D eigenvalue weighted by Gasteiger charge is -2.13. The van der Waals surface area contributed by atoms with E-state index in [0.29, 0.717) is 30.3 Å². The van der Waals surface area contributed by atoms with Gasteiger partial charge >= 0.3 is 0 Å². The first-order chi connectivity index (χ1) is 12.9. The first-order valence-electron chi connectivity index (χ1n) is 8.56. The fourth-order valence-electron chi connectivity index (χ4n) is 3.07. The molecule has 0 spiro atoms. The SMILES string of the molecule is COc1ccc(NC(=O)c2cc(S(=O)(=O)N3CCCC3)cn2C)c(OC)c1. The first kappa shape index (κ1) is 19.2. The topological polar surface area (TPSA) is 89.9 Å². The van der Waals surface area contributed by atoms with Gasteiger partial charge in [-0.2, -0.15) is 4.31 Å². The molecule has 2 heterocycles. The van der Waals surface area contributed by atoms with Gasteiger partial charge in [-0.1, -0.05) is 0 Å². The number of aromatic nitrogens is 1. The summed E-state index contributed by atoms with van der Waals surface area (Å²) in [7, 11) is 1.10. The molecular weight excluding hydrogens is 370 g/mol. The molecule has 0 bridgehead atoms. The highest BCUT2D eigenvalue weighted by Gasteiger charge is 2.29. The van der Waals surface area contributed by atoms with E-state index in [1.54, 1.807) is 32.4 Å². The molecule has 9 heteroatoms. The molecule has 1 aromatic carbocycles. The number of nitrogens with one attached hydrogen (secondary N) is 1. The average molecular weight is 393 g/mol. The Morgan fingerprint density at radius 2 is 1.81 bits per heavy atom. The van der Waals surface area contributed by atoms with Gasteiger partial charge < -0.3 is 19.4 Å². The number of nitrogens with zero attached hydrogens (tertiary/aromatic N) is 2. The van der Waals surface area contributed by atoms with Gasteiger partial charge in [-0.15, -0.1) is 0 Å². The second-order valence-electron chi connectivity index (χ2n) is 6.30. The van der Waals surface area contributed by atoms with Crippen LogP contribution in [-0.4, -0.2) is 50.5 Å². The zero-order chi connectivity index (χ0) is 19.6. The minimum Gasteiger partial charge on any atom is -0.497 e. The third-order valence-electron chi connectivity index (χ3n) is 4.57. The van der Waals surface area contributed by atoms with Crippen LogP contribution in [0.2, 0.25) is 0 Å². The Hall–Kier alpha value is -2.52. The van der Waals surface area contributed by atoms with Crippen molar-refractivity contribution in [3.63, 3.8) is 0 Å². The molecule has 1 aliphatic rings. The molecule has 146 valence electrons. The summed E-state index contributed by atoms with van der Waals surface area (Å²) < 4.78 is 38.8. The van der Waals surface area contributed by atoms with E-state index < -0.39 is 15.9 Å². The Kier molecular flexibility index (Phi) is 5.43. The van der Waals surface area contributed by atoms with Gasteiger partial charge in [0.2, 0.25) is 10.0 Å². The summed E-state index contributed by atoms with van der Waals surface area (Å²) >= 11 is 0. The van der Waals surface area contributed by atoms with Gasteiger partial charge in [0.1, 0.15) is 22.1 Å². The number of ether oxygens (including phenoxy) is 2. The number of hydrogen-bond donors (Lipinski definition) is 1. The van der Waals surface area contributed by atoms with E-state index in [9.17, 15) is 13.2 Å². The van der Waals surface area contributed by atoms with E-state index in [1.165, 1.54) is 28.2 Å². The number of anilines is 1. The minimum atomic E-state index is -3.58. The van der Waals surface area contributed by atoms with Gasteiger partial charge in [0.15, 0.2) is 0 Å². The van der Waals surface area contributed by atoms with E-state index in [1.807, 2.05) is 0 Å². The van der Waals surface area contributed by atoms with Crippen LogP contribution in [0.5, 0.6) is 11.5 Å². The second kappa shape index (κ2) is 7.61. The van der Waals surface area contributed by atoms with Gasteiger partial charge in [0, 0.05) is 32.4 Å². The summed E-state index contributed by atoms with van der Waals surface area (Å²) in [4.78, 5) is 12.8. The molecule has 1 amide bonds. The molecule has 0 atom stereocenters. The van der Waals surface area contributed by atoms with Crippen LogP contribution in [-0.2, 0) is 17.1 Å². The van der Waals surface area contributed by atoms with Crippen molar-refractivity contribution in [3.05, 3.63) is 36.2 Å². The minimum absolute atomic E-state index is 0.124. The van der Waals surface area contributed by atoms with Crippen molar-refractivity contribution >= 4 is 21.6 Å². The number of benzene rings is 1. The number of methoxy groups -OCH3 is 2. The number of carbonyl (C=O) groups is 1. The van der Waals surface area contributed by atoms with Crippen molar-refractivity contribution in [2.24, 2.45) is 7.05 Å². The quantitative estimate of drug-likeness (QED) is 0.812. The van der Waals surface area contributed by atoms with Crippen LogP contribution >= 0.6 is 0 Å². The number of hydrogen-bond acceptors (Lipinski definition) is 5. The lowest BCUT2D eigenvalue weighted by Crippen LogP contribution is -2.27. The van der Waals surface area contributed by atoms with Crippen LogP contribution in [0.3, 0.4) is 0 Å². The molecule has 27 heavy (non-hydrogen) atoms. The van der Waals surface area contributed by atoms with Gasteiger partial charge in [0.25, 0.3) is 5.91 Å². The summed E-state index contributed by atoms with van der Waals surface area (Å²) in [6.45, 7) is 1.03. The molecule has 1 N–H and O–H groups in total. The maximum atomic E-state index is 12.7. The van der Waals surface area contributed by atoms with Crippen LogP contribution < -0.4 is 14.8 Å². The average Bonchev–Trinajstić information content (AvgIpc) is 3.32. The third-order valence-corrected chi connectivity index (χ3v) is 6.44. The molecule has 0 unspecified atom stereocenters. The molecule has 8 nitrogen and oxygen atoms in total. The fraction of sp³-hybridized carbons (Fsp3) is 0.389. The summed E-state index contributed by atoms with van der Waals surface area (Å²) in [6, 6.07) is 6.43. The van der Waals surface area contributed by atoms with Gasteiger partial charge in [0.05, 0.1) is 19.9 Å². The lowest BCUT2D eigenvalue weighted by molar-refractivity contribution is 0.101. The predicted octanol–water partition coefficient (Wildman–Crippen LogP) is 2.08. The molecule has 0 radical (unpaired) electrons. The van der Waals surface area contributed by atoms with E-state index in [0.717, 1.165) is 12.8 Å². The van der Waals surface area contributed by atoms with E-state index >= 15 is 0 Å². The van der Waals surface area contributed by atoms with Gasteiger partial charge in [-0.05, 0) is 31.0 Å². The lowest BCUT2D eigenvalue weighted by atomic mass is 10.2.